The molecule has 20 heavy (non-hydrogen) atoms. The van der Waals surface area contributed by atoms with Gasteiger partial charge >= 0.3 is 0 Å². The number of nitrogens with zero attached hydrogens (tertiary/aromatic N) is 2. The summed E-state index contributed by atoms with van der Waals surface area (Å²) in [5.41, 5.74) is 7.76. The van der Waals surface area contributed by atoms with Gasteiger partial charge in [0.2, 0.25) is 0 Å². The summed E-state index contributed by atoms with van der Waals surface area (Å²) < 4.78 is 1.01. The monoisotopic (exact) mass is 287 g/mol. The maximum atomic E-state index is 12.4. The number of thiophene rings is 1. The normalized spacial score (nSPS) is 12.1. The van der Waals surface area contributed by atoms with Gasteiger partial charge in [-0.15, -0.1) is 11.3 Å². The van der Waals surface area contributed by atoms with Gasteiger partial charge in [-0.05, 0) is 26.0 Å². The Morgan fingerprint density at radius 2 is 2.25 bits per heavy atom. The Hall–Kier alpha value is -2.06. The summed E-state index contributed by atoms with van der Waals surface area (Å²) in [5, 5.41) is 9.76. The van der Waals surface area contributed by atoms with Crippen LogP contribution in [0.4, 0.5) is 5.69 Å². The standard InChI is InChI=1S/C15H17N3OS/c1-9-4-5-12-11(6-9)13(17)14(20-12)15(19)18(3)8-10(2)7-16/h4-6,10H,8,17H2,1-3H3. The summed E-state index contributed by atoms with van der Waals surface area (Å²) in [5.74, 6) is -0.315. The Labute approximate surface area is 122 Å². The second kappa shape index (κ2) is 5.51. The first kappa shape index (κ1) is 14.4. The summed E-state index contributed by atoms with van der Waals surface area (Å²) in [4.78, 5) is 14.5. The molecule has 1 atom stereocenters. The molecule has 1 aromatic carbocycles. The number of fused-ring (bicyclic) bond motifs is 1. The molecular formula is C15H17N3OS. The average Bonchev–Trinajstić information content (AvgIpc) is 2.75. The minimum absolute atomic E-state index is 0.122. The third-order valence-electron chi connectivity index (χ3n) is 3.19. The van der Waals surface area contributed by atoms with Crippen LogP contribution < -0.4 is 5.73 Å². The number of hydrogen-bond donors (Lipinski definition) is 1. The molecule has 4 nitrogen and oxygen atoms in total. The van der Waals surface area contributed by atoms with Crippen molar-refractivity contribution in [3.05, 3.63) is 28.6 Å². The van der Waals surface area contributed by atoms with E-state index in [1.807, 2.05) is 25.1 Å². The van der Waals surface area contributed by atoms with Gasteiger partial charge < -0.3 is 10.6 Å². The lowest BCUT2D eigenvalue weighted by molar-refractivity contribution is 0.0791. The van der Waals surface area contributed by atoms with E-state index in [0.717, 1.165) is 15.6 Å². The number of aryl methyl sites for hydroxylation is 1. The number of rotatable bonds is 3. The molecule has 0 bridgehead atoms. The van der Waals surface area contributed by atoms with Crippen LogP contribution in [0, 0.1) is 24.2 Å². The molecule has 0 fully saturated rings. The SMILES string of the molecule is Cc1ccc2sc(C(=O)N(C)CC(C)C#N)c(N)c2c1. The summed E-state index contributed by atoms with van der Waals surface area (Å²) in [6, 6.07) is 8.12. The lowest BCUT2D eigenvalue weighted by Crippen LogP contribution is -2.30. The van der Waals surface area contributed by atoms with Crippen molar-refractivity contribution in [2.45, 2.75) is 13.8 Å². The van der Waals surface area contributed by atoms with Crippen molar-refractivity contribution in [3.63, 3.8) is 0 Å². The van der Waals surface area contributed by atoms with Crippen molar-refractivity contribution in [2.24, 2.45) is 5.92 Å². The summed E-state index contributed by atoms with van der Waals surface area (Å²) in [6.45, 7) is 4.20. The maximum absolute atomic E-state index is 12.4. The highest BCUT2D eigenvalue weighted by molar-refractivity contribution is 7.21. The van der Waals surface area contributed by atoms with Crippen LogP contribution in [0.1, 0.15) is 22.2 Å². The molecule has 0 saturated carbocycles. The fourth-order valence-electron chi connectivity index (χ4n) is 2.10. The quantitative estimate of drug-likeness (QED) is 0.943. The van der Waals surface area contributed by atoms with Gasteiger partial charge in [-0.1, -0.05) is 11.6 Å². The number of amides is 1. The first-order valence-electron chi connectivity index (χ1n) is 6.37. The van der Waals surface area contributed by atoms with E-state index in [9.17, 15) is 4.79 Å². The zero-order valence-corrected chi connectivity index (χ0v) is 12.6. The van der Waals surface area contributed by atoms with Gasteiger partial charge in [-0.2, -0.15) is 5.26 Å². The number of nitrogen functional groups attached to an aromatic ring is 1. The van der Waals surface area contributed by atoms with Crippen LogP contribution in [0.25, 0.3) is 10.1 Å². The topological polar surface area (TPSA) is 70.1 Å². The lowest BCUT2D eigenvalue weighted by atomic mass is 10.1. The van der Waals surface area contributed by atoms with Crippen molar-refractivity contribution in [1.29, 1.82) is 5.26 Å². The van der Waals surface area contributed by atoms with E-state index >= 15 is 0 Å². The molecule has 1 heterocycles. The van der Waals surface area contributed by atoms with E-state index in [2.05, 4.69) is 6.07 Å². The average molecular weight is 287 g/mol. The molecule has 1 unspecified atom stereocenters. The molecule has 0 aliphatic heterocycles. The van der Waals surface area contributed by atoms with E-state index in [4.69, 9.17) is 11.0 Å². The van der Waals surface area contributed by atoms with Crippen LogP contribution in [0.3, 0.4) is 0 Å². The summed E-state index contributed by atoms with van der Waals surface area (Å²) in [7, 11) is 1.70. The Morgan fingerprint density at radius 3 is 2.90 bits per heavy atom. The summed E-state index contributed by atoms with van der Waals surface area (Å²) >= 11 is 1.40. The molecule has 2 N–H and O–H groups in total. The van der Waals surface area contributed by atoms with Crippen molar-refractivity contribution in [2.75, 3.05) is 19.3 Å². The largest absolute Gasteiger partial charge is 0.397 e. The van der Waals surface area contributed by atoms with Crippen LogP contribution in [0.2, 0.25) is 0 Å². The molecule has 0 saturated heterocycles. The van der Waals surface area contributed by atoms with Crippen LogP contribution >= 0.6 is 11.3 Å². The molecule has 2 aromatic rings. The van der Waals surface area contributed by atoms with Crippen LogP contribution in [-0.2, 0) is 0 Å². The van der Waals surface area contributed by atoms with Crippen LogP contribution in [0.5, 0.6) is 0 Å². The van der Waals surface area contributed by atoms with E-state index < -0.39 is 0 Å². The molecular weight excluding hydrogens is 270 g/mol. The highest BCUT2D eigenvalue weighted by Crippen LogP contribution is 2.34. The number of nitrogens with two attached hydrogens (primary N) is 1. The predicted molar refractivity (Wildman–Crippen MR) is 82.7 cm³/mol. The number of hydrogen-bond acceptors (Lipinski definition) is 4. The fraction of sp³-hybridized carbons (Fsp3) is 0.333. The highest BCUT2D eigenvalue weighted by Gasteiger charge is 2.20. The summed E-state index contributed by atoms with van der Waals surface area (Å²) in [6.07, 6.45) is 0. The van der Waals surface area contributed by atoms with Gasteiger partial charge in [-0.25, -0.2) is 0 Å². The third kappa shape index (κ3) is 2.61. The minimum atomic E-state index is -0.193. The lowest BCUT2D eigenvalue weighted by Gasteiger charge is -2.17. The second-order valence-corrected chi connectivity index (χ2v) is 6.11. The van der Waals surface area contributed by atoms with Gasteiger partial charge in [0.25, 0.3) is 5.91 Å². The minimum Gasteiger partial charge on any atom is -0.397 e. The molecule has 1 aromatic heterocycles. The maximum Gasteiger partial charge on any atom is 0.265 e. The van der Waals surface area contributed by atoms with Gasteiger partial charge in [0.1, 0.15) is 4.88 Å². The van der Waals surface area contributed by atoms with Crippen LogP contribution in [-0.4, -0.2) is 24.4 Å². The smallest absolute Gasteiger partial charge is 0.265 e. The molecule has 0 aliphatic carbocycles. The van der Waals surface area contributed by atoms with Crippen molar-refractivity contribution >= 4 is 33.0 Å². The molecule has 0 radical (unpaired) electrons. The highest BCUT2D eigenvalue weighted by atomic mass is 32.1. The van der Waals surface area contributed by atoms with Gasteiger partial charge in [-0.3, -0.25) is 4.79 Å². The van der Waals surface area contributed by atoms with Gasteiger partial charge in [0, 0.05) is 23.7 Å². The third-order valence-corrected chi connectivity index (χ3v) is 4.37. The van der Waals surface area contributed by atoms with E-state index in [1.54, 1.807) is 18.9 Å². The Bertz CT molecular complexity index is 699. The van der Waals surface area contributed by atoms with E-state index in [-0.39, 0.29) is 11.8 Å². The number of carbonyl (C=O) groups excluding carboxylic acids is 1. The Balaban J connectivity index is 2.36. The molecule has 0 aliphatic rings. The van der Waals surface area contributed by atoms with Gasteiger partial charge in [0.15, 0.2) is 0 Å². The first-order chi connectivity index (χ1) is 9.43. The molecule has 104 valence electrons. The van der Waals surface area contributed by atoms with Gasteiger partial charge in [0.05, 0.1) is 17.7 Å². The second-order valence-electron chi connectivity index (χ2n) is 5.06. The molecule has 2 rings (SSSR count). The van der Waals surface area contributed by atoms with Crippen molar-refractivity contribution in [3.8, 4) is 6.07 Å². The number of nitriles is 1. The Kier molecular flexibility index (Phi) is 3.96. The molecule has 5 heteroatoms. The van der Waals surface area contributed by atoms with Crippen molar-refractivity contribution < 1.29 is 4.79 Å². The Morgan fingerprint density at radius 1 is 1.55 bits per heavy atom. The number of anilines is 1. The van der Waals surface area contributed by atoms with Crippen molar-refractivity contribution in [1.82, 2.24) is 4.90 Å². The van der Waals surface area contributed by atoms with E-state index in [1.165, 1.54) is 11.3 Å². The number of carbonyl (C=O) groups is 1. The first-order valence-corrected chi connectivity index (χ1v) is 7.19. The zero-order valence-electron chi connectivity index (χ0n) is 11.8. The fourth-order valence-corrected chi connectivity index (χ4v) is 3.20. The molecule has 1 amide bonds. The molecule has 0 spiro atoms. The predicted octanol–water partition coefficient (Wildman–Crippen LogP) is 3.02. The van der Waals surface area contributed by atoms with E-state index in [0.29, 0.717) is 17.1 Å². The zero-order chi connectivity index (χ0) is 14.9. The van der Waals surface area contributed by atoms with Crippen LogP contribution in [0.15, 0.2) is 18.2 Å². The number of benzene rings is 1.